The number of carboxylic acids is 1. The number of rotatable bonds is 4. The van der Waals surface area contributed by atoms with Crippen molar-refractivity contribution in [1.29, 1.82) is 0 Å². The number of hydrogen-bond donors (Lipinski definition) is 2. The van der Waals surface area contributed by atoms with Crippen molar-refractivity contribution < 1.29 is 19.1 Å². The summed E-state index contributed by atoms with van der Waals surface area (Å²) in [4.78, 5) is 26.7. The molecule has 1 aromatic heterocycles. The van der Waals surface area contributed by atoms with Crippen LogP contribution in [0, 0.1) is 0 Å². The van der Waals surface area contributed by atoms with Crippen LogP contribution in [0.5, 0.6) is 0 Å². The van der Waals surface area contributed by atoms with Gasteiger partial charge in [-0.1, -0.05) is 0 Å². The first-order valence-corrected chi connectivity index (χ1v) is 4.54. The van der Waals surface area contributed by atoms with E-state index in [4.69, 9.17) is 15.3 Å². The highest BCUT2D eigenvalue weighted by molar-refractivity contribution is 5.91. The summed E-state index contributed by atoms with van der Waals surface area (Å²) in [6, 6.07) is -0.789. The maximum Gasteiger partial charge on any atom is 0.322 e. The summed E-state index contributed by atoms with van der Waals surface area (Å²) in [5.74, 6) is -0.908. The molecular formula is C9H13N3O4. The topological polar surface area (TPSA) is 110 Å². The number of anilines is 1. The Labute approximate surface area is 91.9 Å². The van der Waals surface area contributed by atoms with E-state index in [9.17, 15) is 9.59 Å². The summed E-state index contributed by atoms with van der Waals surface area (Å²) < 4.78 is 4.95. The van der Waals surface area contributed by atoms with Gasteiger partial charge in [0.2, 0.25) is 5.88 Å². The second-order valence-electron chi connectivity index (χ2n) is 3.90. The van der Waals surface area contributed by atoms with Gasteiger partial charge in [-0.05, 0) is 13.8 Å². The first kappa shape index (κ1) is 12.0. The maximum atomic E-state index is 11.3. The van der Waals surface area contributed by atoms with E-state index in [1.54, 1.807) is 13.8 Å². The number of oxazole rings is 1. The first-order valence-electron chi connectivity index (χ1n) is 4.54. The highest BCUT2D eigenvalue weighted by atomic mass is 16.4. The number of nitrogens with zero attached hydrogens (tertiary/aromatic N) is 2. The van der Waals surface area contributed by atoms with E-state index in [2.05, 4.69) is 4.98 Å². The van der Waals surface area contributed by atoms with Crippen LogP contribution in [0.1, 0.15) is 20.3 Å². The molecule has 0 aromatic carbocycles. The molecule has 88 valence electrons. The van der Waals surface area contributed by atoms with Gasteiger partial charge in [0.1, 0.15) is 0 Å². The third kappa shape index (κ3) is 2.50. The maximum absolute atomic E-state index is 11.3. The smallest absolute Gasteiger partial charge is 0.322 e. The molecule has 7 nitrogen and oxygen atoms in total. The Kier molecular flexibility index (Phi) is 3.17. The van der Waals surface area contributed by atoms with Gasteiger partial charge in [0.05, 0.1) is 18.2 Å². The van der Waals surface area contributed by atoms with E-state index < -0.39 is 17.5 Å². The van der Waals surface area contributed by atoms with Crippen LogP contribution in [0.2, 0.25) is 0 Å². The van der Waals surface area contributed by atoms with Crippen LogP contribution in [-0.4, -0.2) is 27.6 Å². The summed E-state index contributed by atoms with van der Waals surface area (Å²) in [7, 11) is 0. The predicted molar refractivity (Wildman–Crippen MR) is 54.9 cm³/mol. The standard InChI is InChI=1S/C9H13N3O4/c1-9(2,3-7(13)14)12(8(10)15)6-4-11-5-16-6/h4-5H,3H2,1-2H3,(H2,10,15)(H,13,14). The summed E-state index contributed by atoms with van der Waals surface area (Å²) in [6.07, 6.45) is 2.19. The lowest BCUT2D eigenvalue weighted by Crippen LogP contribution is -2.51. The fourth-order valence-corrected chi connectivity index (χ4v) is 1.47. The minimum absolute atomic E-state index is 0.124. The van der Waals surface area contributed by atoms with Crippen molar-refractivity contribution in [3.8, 4) is 0 Å². The van der Waals surface area contributed by atoms with Crippen LogP contribution in [0.25, 0.3) is 0 Å². The number of carbonyl (C=O) groups excluding carboxylic acids is 1. The lowest BCUT2D eigenvalue weighted by Gasteiger charge is -2.33. The molecule has 0 aliphatic heterocycles. The van der Waals surface area contributed by atoms with Gasteiger partial charge < -0.3 is 15.3 Å². The number of primary amides is 1. The van der Waals surface area contributed by atoms with Gasteiger partial charge in [-0.2, -0.15) is 0 Å². The number of amides is 2. The molecule has 16 heavy (non-hydrogen) atoms. The Morgan fingerprint density at radius 2 is 2.25 bits per heavy atom. The van der Waals surface area contributed by atoms with Gasteiger partial charge in [-0.3, -0.25) is 9.69 Å². The third-order valence-electron chi connectivity index (χ3n) is 2.05. The molecule has 2 amide bonds. The van der Waals surface area contributed by atoms with Crippen LogP contribution in [0.3, 0.4) is 0 Å². The van der Waals surface area contributed by atoms with Crippen molar-refractivity contribution in [2.75, 3.05) is 4.90 Å². The van der Waals surface area contributed by atoms with Gasteiger partial charge in [-0.25, -0.2) is 9.78 Å². The molecule has 0 fully saturated rings. The molecule has 1 heterocycles. The van der Waals surface area contributed by atoms with Gasteiger partial charge in [-0.15, -0.1) is 0 Å². The van der Waals surface area contributed by atoms with Gasteiger partial charge >= 0.3 is 12.0 Å². The zero-order valence-electron chi connectivity index (χ0n) is 9.01. The second kappa shape index (κ2) is 4.21. The Morgan fingerprint density at radius 3 is 2.62 bits per heavy atom. The van der Waals surface area contributed by atoms with Crippen LogP contribution >= 0.6 is 0 Å². The monoisotopic (exact) mass is 227 g/mol. The quantitative estimate of drug-likeness (QED) is 0.790. The van der Waals surface area contributed by atoms with Gasteiger partial charge in [0.25, 0.3) is 0 Å². The minimum Gasteiger partial charge on any atom is -0.481 e. The molecular weight excluding hydrogens is 214 g/mol. The van der Waals surface area contributed by atoms with E-state index in [0.717, 1.165) is 11.3 Å². The summed E-state index contributed by atoms with van der Waals surface area (Å²) in [6.45, 7) is 3.16. The Balaban J connectivity index is 3.03. The van der Waals surface area contributed by atoms with Crippen molar-refractivity contribution in [3.63, 3.8) is 0 Å². The minimum atomic E-state index is -1.03. The third-order valence-corrected chi connectivity index (χ3v) is 2.05. The van der Waals surface area contributed by atoms with Crippen molar-refractivity contribution in [2.45, 2.75) is 25.8 Å². The lowest BCUT2D eigenvalue weighted by atomic mass is 9.98. The van der Waals surface area contributed by atoms with Crippen molar-refractivity contribution in [3.05, 3.63) is 12.6 Å². The molecule has 0 radical (unpaired) electrons. The zero-order chi connectivity index (χ0) is 12.3. The van der Waals surface area contributed by atoms with Crippen LogP contribution in [0.15, 0.2) is 17.0 Å². The molecule has 0 saturated carbocycles. The van der Waals surface area contributed by atoms with Gasteiger partial charge in [0, 0.05) is 0 Å². The average molecular weight is 227 g/mol. The number of carboxylic acid groups (broad SMARTS) is 1. The van der Waals surface area contributed by atoms with E-state index in [-0.39, 0.29) is 12.3 Å². The number of aromatic nitrogens is 1. The largest absolute Gasteiger partial charge is 0.481 e. The van der Waals surface area contributed by atoms with Gasteiger partial charge in [0.15, 0.2) is 6.39 Å². The van der Waals surface area contributed by atoms with Crippen molar-refractivity contribution in [2.24, 2.45) is 5.73 Å². The normalized spacial score (nSPS) is 11.1. The van der Waals surface area contributed by atoms with Crippen molar-refractivity contribution >= 4 is 17.9 Å². The number of nitrogens with two attached hydrogens (primary N) is 1. The lowest BCUT2D eigenvalue weighted by molar-refractivity contribution is -0.138. The van der Waals surface area contributed by atoms with E-state index in [1.807, 2.05) is 0 Å². The summed E-state index contributed by atoms with van der Waals surface area (Å²) in [5.41, 5.74) is 4.21. The Bertz CT molecular complexity index is 385. The number of carbonyl (C=O) groups is 2. The highest BCUT2D eigenvalue weighted by Crippen LogP contribution is 2.26. The van der Waals surface area contributed by atoms with Crippen LogP contribution in [0.4, 0.5) is 10.7 Å². The van der Waals surface area contributed by atoms with E-state index in [1.165, 1.54) is 6.20 Å². The predicted octanol–water partition coefficient (Wildman–Crippen LogP) is 0.813. The Morgan fingerprint density at radius 1 is 1.62 bits per heavy atom. The first-order chi connectivity index (χ1) is 7.34. The molecule has 0 bridgehead atoms. The molecule has 1 rings (SSSR count). The molecule has 0 saturated heterocycles. The van der Waals surface area contributed by atoms with E-state index >= 15 is 0 Å². The van der Waals surface area contributed by atoms with Crippen LogP contribution in [-0.2, 0) is 4.79 Å². The molecule has 7 heteroatoms. The van der Waals surface area contributed by atoms with Crippen molar-refractivity contribution in [1.82, 2.24) is 4.98 Å². The number of hydrogen-bond acceptors (Lipinski definition) is 4. The fraction of sp³-hybridized carbons (Fsp3) is 0.444. The summed E-state index contributed by atoms with van der Waals surface area (Å²) >= 11 is 0. The highest BCUT2D eigenvalue weighted by Gasteiger charge is 2.35. The molecule has 0 spiro atoms. The summed E-state index contributed by atoms with van der Waals surface area (Å²) in [5, 5.41) is 8.75. The molecule has 0 aliphatic carbocycles. The molecule has 3 N–H and O–H groups in total. The van der Waals surface area contributed by atoms with E-state index in [0.29, 0.717) is 0 Å². The zero-order valence-corrected chi connectivity index (χ0v) is 9.01. The molecule has 1 aromatic rings. The molecule has 0 unspecified atom stereocenters. The molecule has 0 atom stereocenters. The van der Waals surface area contributed by atoms with Crippen LogP contribution < -0.4 is 10.6 Å². The SMILES string of the molecule is CC(C)(CC(=O)O)N(C(N)=O)c1cnco1. The fourth-order valence-electron chi connectivity index (χ4n) is 1.47. The Hall–Kier alpha value is -2.05. The number of urea groups is 1. The second-order valence-corrected chi connectivity index (χ2v) is 3.90. The average Bonchev–Trinajstić information content (AvgIpc) is 2.52. The number of aliphatic carboxylic acids is 1. The molecule has 0 aliphatic rings.